The van der Waals surface area contributed by atoms with Crippen molar-refractivity contribution in [3.8, 4) is 0 Å². The van der Waals surface area contributed by atoms with Gasteiger partial charge in [0.2, 0.25) is 5.95 Å². The smallest absolute Gasteiger partial charge is 0.229 e. The molecule has 7 heteroatoms. The molecule has 0 bridgehead atoms. The summed E-state index contributed by atoms with van der Waals surface area (Å²) in [4.78, 5) is 15.7. The molecule has 2 aromatic heterocycles. The summed E-state index contributed by atoms with van der Waals surface area (Å²) in [6.07, 6.45) is 3.54. The average Bonchev–Trinajstić information content (AvgIpc) is 2.70. The van der Waals surface area contributed by atoms with E-state index in [9.17, 15) is 0 Å². The second-order valence-electron chi connectivity index (χ2n) is 6.15. The molecule has 134 valence electrons. The minimum atomic E-state index is 0.555. The first kappa shape index (κ1) is 16.7. The number of pyridine rings is 1. The first-order valence-corrected chi connectivity index (χ1v) is 8.86. The highest BCUT2D eigenvalue weighted by molar-refractivity contribution is 5.91. The number of morpholine rings is 1. The zero-order chi connectivity index (χ0) is 17.6. The Kier molecular flexibility index (Phi) is 5.18. The van der Waals surface area contributed by atoms with Gasteiger partial charge in [-0.15, -0.1) is 0 Å². The Balaban J connectivity index is 1.40. The lowest BCUT2D eigenvalue weighted by Gasteiger charge is -2.26. The van der Waals surface area contributed by atoms with Gasteiger partial charge in [-0.25, -0.2) is 4.98 Å². The van der Waals surface area contributed by atoms with Crippen molar-refractivity contribution in [2.24, 2.45) is 0 Å². The summed E-state index contributed by atoms with van der Waals surface area (Å²) < 4.78 is 5.37. The van der Waals surface area contributed by atoms with Crippen LogP contribution in [0.2, 0.25) is 0 Å². The van der Waals surface area contributed by atoms with Crippen LogP contribution in [0.15, 0.2) is 48.8 Å². The molecule has 0 spiro atoms. The highest BCUT2D eigenvalue weighted by Gasteiger charge is 2.09. The molecule has 1 aromatic carbocycles. The third kappa shape index (κ3) is 4.07. The number of hydrogen-bond donors (Lipinski definition) is 2. The Morgan fingerprint density at radius 1 is 1.00 bits per heavy atom. The number of nitrogens with one attached hydrogen (secondary N) is 2. The number of hydrogen-bond acceptors (Lipinski definition) is 7. The molecular formula is C19H22N6O. The van der Waals surface area contributed by atoms with E-state index in [1.54, 1.807) is 12.4 Å². The molecular weight excluding hydrogens is 328 g/mol. The molecule has 1 fully saturated rings. The average molecular weight is 350 g/mol. The molecule has 4 rings (SSSR count). The first-order chi connectivity index (χ1) is 12.9. The Labute approximate surface area is 152 Å². The fourth-order valence-corrected chi connectivity index (χ4v) is 3.01. The van der Waals surface area contributed by atoms with Crippen LogP contribution in [0.5, 0.6) is 0 Å². The Bertz CT molecular complexity index is 860. The molecule has 3 aromatic rings. The maximum atomic E-state index is 5.37. The second-order valence-corrected chi connectivity index (χ2v) is 6.15. The number of rotatable bonds is 6. The van der Waals surface area contributed by atoms with Crippen molar-refractivity contribution in [3.63, 3.8) is 0 Å². The molecule has 1 saturated heterocycles. The van der Waals surface area contributed by atoms with E-state index in [4.69, 9.17) is 4.74 Å². The topological polar surface area (TPSA) is 75.2 Å². The molecule has 0 unspecified atom stereocenters. The van der Waals surface area contributed by atoms with Crippen molar-refractivity contribution in [1.29, 1.82) is 0 Å². The molecule has 0 saturated carbocycles. The van der Waals surface area contributed by atoms with E-state index >= 15 is 0 Å². The number of para-hydroxylation sites is 1. The Morgan fingerprint density at radius 2 is 1.88 bits per heavy atom. The predicted molar refractivity (Wildman–Crippen MR) is 103 cm³/mol. The van der Waals surface area contributed by atoms with Gasteiger partial charge >= 0.3 is 0 Å². The Hall–Kier alpha value is -2.77. The van der Waals surface area contributed by atoms with Crippen LogP contribution in [0.4, 0.5) is 17.5 Å². The molecule has 26 heavy (non-hydrogen) atoms. The zero-order valence-electron chi connectivity index (χ0n) is 14.6. The molecule has 0 atom stereocenters. The summed E-state index contributed by atoms with van der Waals surface area (Å²) >= 11 is 0. The van der Waals surface area contributed by atoms with E-state index in [1.165, 1.54) is 0 Å². The first-order valence-electron chi connectivity index (χ1n) is 8.86. The van der Waals surface area contributed by atoms with Gasteiger partial charge in [0.1, 0.15) is 5.82 Å². The number of ether oxygens (including phenoxy) is 1. The van der Waals surface area contributed by atoms with Crippen LogP contribution >= 0.6 is 0 Å². The summed E-state index contributed by atoms with van der Waals surface area (Å²) in [6.45, 7) is 5.44. The fourth-order valence-electron chi connectivity index (χ4n) is 3.01. The number of aromatic nitrogens is 3. The van der Waals surface area contributed by atoms with Crippen molar-refractivity contribution in [1.82, 2.24) is 19.9 Å². The van der Waals surface area contributed by atoms with Crippen LogP contribution in [0.25, 0.3) is 10.9 Å². The van der Waals surface area contributed by atoms with Crippen LogP contribution < -0.4 is 10.6 Å². The summed E-state index contributed by atoms with van der Waals surface area (Å²) in [5.41, 5.74) is 1.80. The SMILES string of the molecule is c1cnc2c(Nc3nccc(NCCN4CCOCC4)n3)cccc2c1. The fraction of sp³-hybridized carbons (Fsp3) is 0.316. The van der Waals surface area contributed by atoms with E-state index < -0.39 is 0 Å². The lowest BCUT2D eigenvalue weighted by atomic mass is 10.2. The molecule has 1 aliphatic rings. The maximum absolute atomic E-state index is 5.37. The van der Waals surface area contributed by atoms with Gasteiger partial charge in [0.05, 0.1) is 24.4 Å². The number of anilines is 3. The summed E-state index contributed by atoms with van der Waals surface area (Å²) in [5.74, 6) is 1.36. The van der Waals surface area contributed by atoms with Crippen molar-refractivity contribution in [2.75, 3.05) is 50.0 Å². The van der Waals surface area contributed by atoms with E-state index in [0.29, 0.717) is 5.95 Å². The molecule has 7 nitrogen and oxygen atoms in total. The third-order valence-corrected chi connectivity index (χ3v) is 4.37. The molecule has 2 N–H and O–H groups in total. The zero-order valence-corrected chi connectivity index (χ0v) is 14.6. The highest BCUT2D eigenvalue weighted by Crippen LogP contribution is 2.23. The molecule has 0 amide bonds. The second kappa shape index (κ2) is 8.07. The van der Waals surface area contributed by atoms with Crippen molar-refractivity contribution >= 4 is 28.4 Å². The molecule has 0 aliphatic carbocycles. The van der Waals surface area contributed by atoms with Crippen LogP contribution in [0.1, 0.15) is 0 Å². The lowest BCUT2D eigenvalue weighted by Crippen LogP contribution is -2.39. The van der Waals surface area contributed by atoms with Crippen LogP contribution in [-0.4, -0.2) is 59.2 Å². The standard InChI is InChI=1S/C19H22N6O/c1-3-15-4-2-7-21-18(15)16(5-1)23-19-22-8-6-17(24-19)20-9-10-25-11-13-26-14-12-25/h1-8H,9-14H2,(H2,20,22,23,24). The molecule has 3 heterocycles. The van der Waals surface area contributed by atoms with Gasteiger partial charge in [-0.1, -0.05) is 18.2 Å². The number of benzene rings is 1. The van der Waals surface area contributed by atoms with Crippen LogP contribution in [0, 0.1) is 0 Å². The van der Waals surface area contributed by atoms with Crippen molar-refractivity contribution in [3.05, 3.63) is 48.8 Å². The van der Waals surface area contributed by atoms with Gasteiger partial charge in [0, 0.05) is 44.0 Å². The third-order valence-electron chi connectivity index (χ3n) is 4.37. The van der Waals surface area contributed by atoms with Gasteiger partial charge in [0.15, 0.2) is 0 Å². The minimum Gasteiger partial charge on any atom is -0.379 e. The normalized spacial score (nSPS) is 15.1. The van der Waals surface area contributed by atoms with E-state index in [0.717, 1.165) is 61.8 Å². The lowest BCUT2D eigenvalue weighted by molar-refractivity contribution is 0.0398. The van der Waals surface area contributed by atoms with Gasteiger partial charge in [0.25, 0.3) is 0 Å². The van der Waals surface area contributed by atoms with Gasteiger partial charge in [-0.3, -0.25) is 9.88 Å². The summed E-state index contributed by atoms with van der Waals surface area (Å²) in [6, 6.07) is 11.9. The maximum Gasteiger partial charge on any atom is 0.229 e. The number of fused-ring (bicyclic) bond motifs is 1. The van der Waals surface area contributed by atoms with Crippen molar-refractivity contribution < 1.29 is 4.74 Å². The van der Waals surface area contributed by atoms with E-state index in [2.05, 4.69) is 30.5 Å². The molecule has 0 radical (unpaired) electrons. The van der Waals surface area contributed by atoms with E-state index in [1.807, 2.05) is 36.4 Å². The van der Waals surface area contributed by atoms with Crippen LogP contribution in [0.3, 0.4) is 0 Å². The molecule has 1 aliphatic heterocycles. The monoisotopic (exact) mass is 350 g/mol. The minimum absolute atomic E-state index is 0.555. The van der Waals surface area contributed by atoms with E-state index in [-0.39, 0.29) is 0 Å². The van der Waals surface area contributed by atoms with Gasteiger partial charge in [-0.05, 0) is 18.2 Å². The number of nitrogens with zero attached hydrogens (tertiary/aromatic N) is 4. The highest BCUT2D eigenvalue weighted by atomic mass is 16.5. The summed E-state index contributed by atoms with van der Waals surface area (Å²) in [5, 5.41) is 7.72. The van der Waals surface area contributed by atoms with Gasteiger partial charge in [-0.2, -0.15) is 4.98 Å². The van der Waals surface area contributed by atoms with Gasteiger partial charge < -0.3 is 15.4 Å². The largest absolute Gasteiger partial charge is 0.379 e. The summed E-state index contributed by atoms with van der Waals surface area (Å²) in [7, 11) is 0. The Morgan fingerprint density at radius 3 is 2.81 bits per heavy atom. The van der Waals surface area contributed by atoms with Crippen molar-refractivity contribution in [2.45, 2.75) is 0 Å². The predicted octanol–water partition coefficient (Wildman–Crippen LogP) is 2.51. The quantitative estimate of drug-likeness (QED) is 0.707. The van der Waals surface area contributed by atoms with Crippen LogP contribution in [-0.2, 0) is 4.74 Å².